The van der Waals surface area contributed by atoms with Gasteiger partial charge in [-0.05, 0) is 51.4 Å². The van der Waals surface area contributed by atoms with Gasteiger partial charge < -0.3 is 14.9 Å². The third-order valence-corrected chi connectivity index (χ3v) is 5.61. The van der Waals surface area contributed by atoms with Crippen LogP contribution in [0, 0.1) is 10.1 Å². The van der Waals surface area contributed by atoms with Crippen LogP contribution in [-0.2, 0) is 9.59 Å². The first-order chi connectivity index (χ1) is 14.8. The number of aliphatic hydroxyl groups is 1. The van der Waals surface area contributed by atoms with E-state index < -0.39 is 28.4 Å². The van der Waals surface area contributed by atoms with E-state index in [9.17, 15) is 24.8 Å². The van der Waals surface area contributed by atoms with Crippen LogP contribution < -0.4 is 0 Å². The number of carbonyl (C=O) groups is 2. The normalized spacial score (nSPS) is 16.5. The number of hydrogen-bond acceptors (Lipinski definition) is 6. The van der Waals surface area contributed by atoms with Crippen molar-refractivity contribution >= 4 is 17.4 Å². The number of ketones is 1. The zero-order valence-corrected chi connectivity index (χ0v) is 18.7. The molecule has 0 radical (unpaired) electrons. The highest BCUT2D eigenvalue weighted by atomic mass is 16.6. The van der Waals surface area contributed by atoms with Gasteiger partial charge in [-0.3, -0.25) is 19.7 Å². The van der Waals surface area contributed by atoms with E-state index in [0.717, 1.165) is 45.3 Å². The van der Waals surface area contributed by atoms with Crippen molar-refractivity contribution in [1.29, 1.82) is 0 Å². The van der Waals surface area contributed by atoms with Crippen LogP contribution in [0.25, 0.3) is 0 Å². The molecule has 0 aromatic heterocycles. The van der Waals surface area contributed by atoms with Crippen LogP contribution in [0.4, 0.5) is 5.69 Å². The van der Waals surface area contributed by atoms with Gasteiger partial charge in [0.05, 0.1) is 16.5 Å². The minimum Gasteiger partial charge on any atom is -0.503 e. The van der Waals surface area contributed by atoms with E-state index in [1.807, 2.05) is 0 Å². The molecule has 0 saturated carbocycles. The third-order valence-electron chi connectivity index (χ3n) is 5.61. The number of hydrogen-bond donors (Lipinski definition) is 1. The number of nitro groups is 1. The number of nitrogens with zero attached hydrogens (tertiary/aromatic N) is 3. The second-order valence-electron chi connectivity index (χ2n) is 7.97. The molecule has 1 heterocycles. The molecule has 1 aliphatic rings. The number of benzene rings is 1. The average Bonchev–Trinajstić information content (AvgIpc) is 3.00. The van der Waals surface area contributed by atoms with Crippen LogP contribution in [0.3, 0.4) is 0 Å². The predicted octanol–water partition coefficient (Wildman–Crippen LogP) is 4.17. The maximum Gasteiger partial charge on any atom is 0.290 e. The summed E-state index contributed by atoms with van der Waals surface area (Å²) >= 11 is 0. The zero-order valence-electron chi connectivity index (χ0n) is 18.7. The van der Waals surface area contributed by atoms with Gasteiger partial charge in [-0.15, -0.1) is 0 Å². The van der Waals surface area contributed by atoms with E-state index in [1.54, 1.807) is 6.07 Å². The highest BCUT2D eigenvalue weighted by molar-refractivity contribution is 6.08. The van der Waals surface area contributed by atoms with E-state index in [0.29, 0.717) is 18.5 Å². The zero-order chi connectivity index (χ0) is 23.0. The molecule has 1 unspecified atom stereocenters. The van der Waals surface area contributed by atoms with Gasteiger partial charge in [-0.1, -0.05) is 38.8 Å². The number of nitro benzene ring substituents is 1. The summed E-state index contributed by atoms with van der Waals surface area (Å²) in [5.41, 5.74) is 0.328. The van der Waals surface area contributed by atoms with Crippen LogP contribution in [0.5, 0.6) is 0 Å². The standard InChI is InChI=1S/C23H33N3O5/c1-4-6-12-24(13-7-5-2)14-9-15-25-21(20(17(3)27)22(28)23(25)29)18-10-8-11-19(16-18)26(30)31/h8,10-11,16,21,28H,4-7,9,12-15H2,1-3H3. The lowest BCUT2D eigenvalue weighted by molar-refractivity contribution is -0.384. The molecule has 1 amide bonds. The van der Waals surface area contributed by atoms with Gasteiger partial charge in [0.15, 0.2) is 11.5 Å². The number of Topliss-reactive ketones (excluding diaryl/α,β-unsaturated/α-hetero) is 1. The molecule has 1 aliphatic heterocycles. The van der Waals surface area contributed by atoms with Gasteiger partial charge in [0.1, 0.15) is 0 Å². The predicted molar refractivity (Wildman–Crippen MR) is 119 cm³/mol. The van der Waals surface area contributed by atoms with Gasteiger partial charge in [0.2, 0.25) is 0 Å². The molecule has 1 N–H and O–H groups in total. The van der Waals surface area contributed by atoms with Crippen LogP contribution >= 0.6 is 0 Å². The van der Waals surface area contributed by atoms with E-state index in [-0.39, 0.29) is 11.3 Å². The summed E-state index contributed by atoms with van der Waals surface area (Å²) in [7, 11) is 0. The van der Waals surface area contributed by atoms with Crippen molar-refractivity contribution < 1.29 is 19.6 Å². The van der Waals surface area contributed by atoms with Gasteiger partial charge in [-0.2, -0.15) is 0 Å². The minimum atomic E-state index is -0.815. The molecule has 0 spiro atoms. The van der Waals surface area contributed by atoms with E-state index in [1.165, 1.54) is 30.0 Å². The van der Waals surface area contributed by atoms with Crippen LogP contribution in [0.2, 0.25) is 0 Å². The Hall–Kier alpha value is -2.74. The van der Waals surface area contributed by atoms with Gasteiger partial charge in [-0.25, -0.2) is 0 Å². The van der Waals surface area contributed by atoms with Gasteiger partial charge in [0.25, 0.3) is 11.6 Å². The van der Waals surface area contributed by atoms with Crippen molar-refractivity contribution in [2.45, 2.75) is 58.9 Å². The van der Waals surface area contributed by atoms with Crippen molar-refractivity contribution in [3.05, 3.63) is 51.3 Å². The SMILES string of the molecule is CCCCN(CCCC)CCCN1C(=O)C(O)=C(C(C)=O)C1c1cccc([N+](=O)[O-])c1. The molecule has 1 atom stereocenters. The van der Waals surface area contributed by atoms with Crippen molar-refractivity contribution in [3.63, 3.8) is 0 Å². The Morgan fingerprint density at radius 2 is 1.77 bits per heavy atom. The Kier molecular flexibility index (Phi) is 9.18. The second kappa shape index (κ2) is 11.6. The molecule has 8 nitrogen and oxygen atoms in total. The third kappa shape index (κ3) is 6.13. The molecule has 1 aromatic carbocycles. The molecule has 170 valence electrons. The average molecular weight is 432 g/mol. The molecule has 0 saturated heterocycles. The monoisotopic (exact) mass is 431 g/mol. The summed E-state index contributed by atoms with van der Waals surface area (Å²) in [5.74, 6) is -1.58. The lowest BCUT2D eigenvalue weighted by atomic mass is 9.96. The highest BCUT2D eigenvalue weighted by Crippen LogP contribution is 2.38. The maximum absolute atomic E-state index is 12.8. The number of amides is 1. The van der Waals surface area contributed by atoms with Crippen molar-refractivity contribution in [2.75, 3.05) is 26.2 Å². The van der Waals surface area contributed by atoms with Crippen LogP contribution in [0.1, 0.15) is 64.5 Å². The molecular weight excluding hydrogens is 398 g/mol. The molecule has 0 fully saturated rings. The number of carbonyl (C=O) groups excluding carboxylic acids is 2. The number of aliphatic hydroxyl groups excluding tert-OH is 1. The topological polar surface area (TPSA) is 104 Å². The maximum atomic E-state index is 12.8. The molecule has 0 bridgehead atoms. The van der Waals surface area contributed by atoms with Gasteiger partial charge in [0, 0.05) is 18.7 Å². The van der Waals surface area contributed by atoms with Crippen molar-refractivity contribution in [3.8, 4) is 0 Å². The Labute approximate surface area is 183 Å². The smallest absolute Gasteiger partial charge is 0.290 e. The molecular formula is C23H33N3O5. The van der Waals surface area contributed by atoms with E-state index in [4.69, 9.17) is 0 Å². The first kappa shape index (κ1) is 24.5. The Balaban J connectivity index is 2.22. The summed E-state index contributed by atoms with van der Waals surface area (Å²) in [6.45, 7) is 8.76. The first-order valence-corrected chi connectivity index (χ1v) is 11.0. The quantitative estimate of drug-likeness (QED) is 0.371. The fourth-order valence-corrected chi connectivity index (χ4v) is 3.96. The number of unbranched alkanes of at least 4 members (excludes halogenated alkanes) is 2. The lowest BCUT2D eigenvalue weighted by Gasteiger charge is -2.28. The Morgan fingerprint density at radius 3 is 2.32 bits per heavy atom. The van der Waals surface area contributed by atoms with E-state index in [2.05, 4.69) is 18.7 Å². The number of rotatable bonds is 13. The molecule has 0 aliphatic carbocycles. The molecule has 31 heavy (non-hydrogen) atoms. The van der Waals surface area contributed by atoms with Crippen LogP contribution in [0.15, 0.2) is 35.6 Å². The van der Waals surface area contributed by atoms with Crippen molar-refractivity contribution in [1.82, 2.24) is 9.80 Å². The summed E-state index contributed by atoms with van der Waals surface area (Å²) in [5, 5.41) is 21.6. The van der Waals surface area contributed by atoms with Crippen LogP contribution in [-0.4, -0.2) is 57.7 Å². The molecule has 2 rings (SSSR count). The highest BCUT2D eigenvalue weighted by Gasteiger charge is 2.42. The summed E-state index contributed by atoms with van der Waals surface area (Å²) in [6, 6.07) is 5.08. The first-order valence-electron chi connectivity index (χ1n) is 11.0. The fourth-order valence-electron chi connectivity index (χ4n) is 3.96. The number of non-ortho nitro benzene ring substituents is 1. The second-order valence-corrected chi connectivity index (χ2v) is 7.97. The summed E-state index contributed by atoms with van der Waals surface area (Å²) in [4.78, 5) is 39.5. The van der Waals surface area contributed by atoms with E-state index >= 15 is 0 Å². The largest absolute Gasteiger partial charge is 0.503 e. The fraction of sp³-hybridized carbons (Fsp3) is 0.565. The Bertz CT molecular complexity index is 828. The molecule has 1 aromatic rings. The summed E-state index contributed by atoms with van der Waals surface area (Å²) < 4.78 is 0. The Morgan fingerprint density at radius 1 is 1.16 bits per heavy atom. The van der Waals surface area contributed by atoms with Gasteiger partial charge >= 0.3 is 0 Å². The summed E-state index contributed by atoms with van der Waals surface area (Å²) in [6.07, 6.45) is 5.13. The minimum absolute atomic E-state index is 0.000630. The lowest BCUT2D eigenvalue weighted by Crippen LogP contribution is -2.35. The van der Waals surface area contributed by atoms with Crippen molar-refractivity contribution in [2.24, 2.45) is 0 Å². The molecule has 8 heteroatoms.